The number of nitrogens with two attached hydrogens (primary N) is 1. The van der Waals surface area contributed by atoms with E-state index in [0.717, 1.165) is 31.5 Å². The van der Waals surface area contributed by atoms with Gasteiger partial charge in [-0.05, 0) is 49.5 Å². The third kappa shape index (κ3) is 2.33. The minimum atomic E-state index is -0.595. The number of hydrogen-bond donors (Lipinski definition) is 3. The topological polar surface area (TPSA) is 58.3 Å². The maximum absolute atomic E-state index is 13.2. The zero-order chi connectivity index (χ0) is 11.5. The summed E-state index contributed by atoms with van der Waals surface area (Å²) in [6.45, 7) is 1.94. The van der Waals surface area contributed by atoms with Crippen molar-refractivity contribution in [3.8, 4) is 5.75 Å². The third-order valence-electron chi connectivity index (χ3n) is 3.25. The molecule has 4 heteroatoms. The molecule has 1 aromatic carbocycles. The Kier molecular flexibility index (Phi) is 3.41. The van der Waals surface area contributed by atoms with E-state index < -0.39 is 5.82 Å². The Labute approximate surface area is 94.5 Å². The standard InChI is InChI=1S/C12H17FN2O/c13-10-7-9(1-2-11(10)16)12(14)8-3-5-15-6-4-8/h1-2,7-8,12,15-16H,3-6,14H2/t12-/m1/s1. The molecule has 0 radical (unpaired) electrons. The summed E-state index contributed by atoms with van der Waals surface area (Å²) in [5, 5.41) is 12.4. The molecule has 1 saturated heterocycles. The van der Waals surface area contributed by atoms with E-state index in [4.69, 9.17) is 10.8 Å². The van der Waals surface area contributed by atoms with Crippen LogP contribution in [0.15, 0.2) is 18.2 Å². The van der Waals surface area contributed by atoms with Gasteiger partial charge < -0.3 is 16.2 Å². The molecule has 2 rings (SSSR count). The van der Waals surface area contributed by atoms with Gasteiger partial charge in [0, 0.05) is 6.04 Å². The van der Waals surface area contributed by atoms with Gasteiger partial charge in [-0.25, -0.2) is 4.39 Å². The first-order valence-corrected chi connectivity index (χ1v) is 5.63. The summed E-state index contributed by atoms with van der Waals surface area (Å²) < 4.78 is 13.2. The van der Waals surface area contributed by atoms with Gasteiger partial charge in [0.2, 0.25) is 0 Å². The number of rotatable bonds is 2. The van der Waals surface area contributed by atoms with E-state index in [1.54, 1.807) is 6.07 Å². The number of nitrogens with one attached hydrogen (secondary N) is 1. The van der Waals surface area contributed by atoms with E-state index >= 15 is 0 Å². The third-order valence-corrected chi connectivity index (χ3v) is 3.25. The van der Waals surface area contributed by atoms with Gasteiger partial charge in [0.1, 0.15) is 0 Å². The molecule has 1 fully saturated rings. The fourth-order valence-electron chi connectivity index (χ4n) is 2.21. The average Bonchev–Trinajstić information content (AvgIpc) is 2.33. The summed E-state index contributed by atoms with van der Waals surface area (Å²) in [5.41, 5.74) is 6.88. The fourth-order valence-corrected chi connectivity index (χ4v) is 2.21. The number of hydrogen-bond acceptors (Lipinski definition) is 3. The van der Waals surface area contributed by atoms with Crippen molar-refractivity contribution in [3.05, 3.63) is 29.6 Å². The fraction of sp³-hybridized carbons (Fsp3) is 0.500. The normalized spacial score (nSPS) is 19.6. The first-order valence-electron chi connectivity index (χ1n) is 5.63. The minimum Gasteiger partial charge on any atom is -0.505 e. The van der Waals surface area contributed by atoms with Crippen LogP contribution in [0.5, 0.6) is 5.75 Å². The Morgan fingerprint density at radius 3 is 2.69 bits per heavy atom. The molecule has 0 aliphatic carbocycles. The molecule has 0 aromatic heterocycles. The number of phenols is 1. The molecule has 0 spiro atoms. The molecule has 1 aliphatic rings. The second-order valence-corrected chi connectivity index (χ2v) is 4.32. The number of aromatic hydroxyl groups is 1. The summed E-state index contributed by atoms with van der Waals surface area (Å²) in [7, 11) is 0. The van der Waals surface area contributed by atoms with Crippen LogP contribution in [0.1, 0.15) is 24.4 Å². The second kappa shape index (κ2) is 4.80. The first-order chi connectivity index (χ1) is 7.68. The van der Waals surface area contributed by atoms with Crippen LogP contribution < -0.4 is 11.1 Å². The predicted molar refractivity (Wildman–Crippen MR) is 60.6 cm³/mol. The largest absolute Gasteiger partial charge is 0.505 e. The van der Waals surface area contributed by atoms with Crippen molar-refractivity contribution >= 4 is 0 Å². The lowest BCUT2D eigenvalue weighted by molar-refractivity contribution is 0.321. The second-order valence-electron chi connectivity index (χ2n) is 4.32. The highest BCUT2D eigenvalue weighted by molar-refractivity contribution is 5.30. The van der Waals surface area contributed by atoms with E-state index in [9.17, 15) is 4.39 Å². The Bertz CT molecular complexity index is 364. The minimum absolute atomic E-state index is 0.141. The molecule has 1 aliphatic heterocycles. The molecular weight excluding hydrogens is 207 g/mol. The summed E-state index contributed by atoms with van der Waals surface area (Å²) in [6, 6.07) is 4.26. The number of benzene rings is 1. The van der Waals surface area contributed by atoms with Gasteiger partial charge in [-0.3, -0.25) is 0 Å². The van der Waals surface area contributed by atoms with Crippen molar-refractivity contribution in [3.63, 3.8) is 0 Å². The van der Waals surface area contributed by atoms with Gasteiger partial charge in [-0.2, -0.15) is 0 Å². The summed E-state index contributed by atoms with van der Waals surface area (Å²) in [5.74, 6) is -0.520. The molecule has 4 N–H and O–H groups in total. The van der Waals surface area contributed by atoms with Crippen LogP contribution in [0, 0.1) is 11.7 Å². The maximum Gasteiger partial charge on any atom is 0.165 e. The highest BCUT2D eigenvalue weighted by Crippen LogP contribution is 2.28. The van der Waals surface area contributed by atoms with Crippen molar-refractivity contribution in [2.24, 2.45) is 11.7 Å². The zero-order valence-corrected chi connectivity index (χ0v) is 9.12. The zero-order valence-electron chi connectivity index (χ0n) is 9.12. The Hall–Kier alpha value is -1.13. The monoisotopic (exact) mass is 224 g/mol. The number of phenolic OH excluding ortho intramolecular Hbond substituents is 1. The Balaban J connectivity index is 2.12. The molecule has 0 bridgehead atoms. The quantitative estimate of drug-likeness (QED) is 0.714. The van der Waals surface area contributed by atoms with E-state index in [2.05, 4.69) is 5.32 Å². The molecule has 3 nitrogen and oxygen atoms in total. The van der Waals surface area contributed by atoms with Crippen molar-refractivity contribution in [2.45, 2.75) is 18.9 Å². The van der Waals surface area contributed by atoms with Crippen LogP contribution >= 0.6 is 0 Å². The highest BCUT2D eigenvalue weighted by atomic mass is 19.1. The SMILES string of the molecule is N[C@@H](c1ccc(O)c(F)c1)C1CCNCC1. The van der Waals surface area contributed by atoms with Crippen molar-refractivity contribution in [2.75, 3.05) is 13.1 Å². The number of piperidine rings is 1. The number of halogens is 1. The Morgan fingerprint density at radius 2 is 2.06 bits per heavy atom. The summed E-state index contributed by atoms with van der Waals surface area (Å²) in [4.78, 5) is 0. The van der Waals surface area contributed by atoms with Crippen LogP contribution in [0.4, 0.5) is 4.39 Å². The molecule has 16 heavy (non-hydrogen) atoms. The van der Waals surface area contributed by atoms with E-state index in [-0.39, 0.29) is 11.8 Å². The molecule has 0 amide bonds. The van der Waals surface area contributed by atoms with Crippen LogP contribution in [0.25, 0.3) is 0 Å². The lowest BCUT2D eigenvalue weighted by Crippen LogP contribution is -2.33. The molecule has 0 saturated carbocycles. The van der Waals surface area contributed by atoms with E-state index in [0.29, 0.717) is 5.92 Å². The predicted octanol–water partition coefficient (Wildman–Crippen LogP) is 1.53. The average molecular weight is 224 g/mol. The first kappa shape index (κ1) is 11.4. The van der Waals surface area contributed by atoms with Crippen LogP contribution in [-0.2, 0) is 0 Å². The van der Waals surface area contributed by atoms with Gasteiger partial charge in [0.25, 0.3) is 0 Å². The van der Waals surface area contributed by atoms with Gasteiger partial charge >= 0.3 is 0 Å². The maximum atomic E-state index is 13.2. The van der Waals surface area contributed by atoms with Gasteiger partial charge in [-0.1, -0.05) is 6.07 Å². The molecule has 0 unspecified atom stereocenters. The highest BCUT2D eigenvalue weighted by Gasteiger charge is 2.22. The van der Waals surface area contributed by atoms with Crippen LogP contribution in [0.2, 0.25) is 0 Å². The van der Waals surface area contributed by atoms with E-state index in [1.807, 2.05) is 0 Å². The molecule has 1 heterocycles. The summed E-state index contributed by atoms with van der Waals surface area (Å²) in [6.07, 6.45) is 2.04. The van der Waals surface area contributed by atoms with Crippen molar-refractivity contribution in [1.29, 1.82) is 0 Å². The summed E-state index contributed by atoms with van der Waals surface area (Å²) >= 11 is 0. The smallest absolute Gasteiger partial charge is 0.165 e. The van der Waals surface area contributed by atoms with E-state index in [1.165, 1.54) is 12.1 Å². The van der Waals surface area contributed by atoms with Gasteiger partial charge in [0.05, 0.1) is 0 Å². The molecular formula is C12H17FN2O. The van der Waals surface area contributed by atoms with Crippen LogP contribution in [-0.4, -0.2) is 18.2 Å². The van der Waals surface area contributed by atoms with Gasteiger partial charge in [0.15, 0.2) is 11.6 Å². The van der Waals surface area contributed by atoms with Gasteiger partial charge in [-0.15, -0.1) is 0 Å². The Morgan fingerprint density at radius 1 is 1.38 bits per heavy atom. The molecule has 1 atom stereocenters. The van der Waals surface area contributed by atoms with Crippen LogP contribution in [0.3, 0.4) is 0 Å². The molecule has 1 aromatic rings. The lowest BCUT2D eigenvalue weighted by atomic mass is 9.86. The molecule has 88 valence electrons. The van der Waals surface area contributed by atoms with Crippen molar-refractivity contribution in [1.82, 2.24) is 5.32 Å². The van der Waals surface area contributed by atoms with Crippen molar-refractivity contribution < 1.29 is 9.50 Å². The lowest BCUT2D eigenvalue weighted by Gasteiger charge is -2.28.